The van der Waals surface area contributed by atoms with Crippen LogP contribution in [0.5, 0.6) is 11.5 Å². The third-order valence-electron chi connectivity index (χ3n) is 3.24. The molecule has 5 heteroatoms. The molecule has 5 nitrogen and oxygen atoms in total. The number of hydrogen-bond acceptors (Lipinski definition) is 4. The zero-order valence-corrected chi connectivity index (χ0v) is 12.0. The first kappa shape index (κ1) is 14.7. The Balaban J connectivity index is 1.98. The highest BCUT2D eigenvalue weighted by Crippen LogP contribution is 2.28. The van der Waals surface area contributed by atoms with Crippen molar-refractivity contribution in [3.63, 3.8) is 0 Å². The predicted octanol–water partition coefficient (Wildman–Crippen LogP) is 2.00. The van der Waals surface area contributed by atoms with Crippen molar-refractivity contribution in [2.45, 2.75) is 25.9 Å². The maximum Gasteiger partial charge on any atom is 0.251 e. The monoisotopic (exact) mass is 279 g/mol. The average molecular weight is 279 g/mol. The molecule has 1 aromatic rings. The summed E-state index contributed by atoms with van der Waals surface area (Å²) < 4.78 is 16.1. The molecule has 0 spiro atoms. The molecule has 0 aromatic heterocycles. The van der Waals surface area contributed by atoms with Crippen LogP contribution < -0.4 is 14.8 Å². The van der Waals surface area contributed by atoms with Crippen LogP contribution in [-0.4, -0.2) is 38.9 Å². The van der Waals surface area contributed by atoms with Gasteiger partial charge in [0.15, 0.2) is 11.5 Å². The first-order valence-electron chi connectivity index (χ1n) is 6.95. The second-order valence-electron chi connectivity index (χ2n) is 4.64. The number of carbonyl (C=O) groups excluding carboxylic acids is 1. The quantitative estimate of drug-likeness (QED) is 0.865. The Kier molecular flexibility index (Phi) is 5.24. The van der Waals surface area contributed by atoms with Crippen LogP contribution in [0.3, 0.4) is 0 Å². The molecule has 1 fully saturated rings. The first-order valence-corrected chi connectivity index (χ1v) is 6.95. The van der Waals surface area contributed by atoms with E-state index in [-0.39, 0.29) is 12.0 Å². The van der Waals surface area contributed by atoms with Gasteiger partial charge in [-0.2, -0.15) is 0 Å². The van der Waals surface area contributed by atoms with E-state index in [4.69, 9.17) is 14.2 Å². The summed E-state index contributed by atoms with van der Waals surface area (Å²) in [5.74, 6) is 1.09. The van der Waals surface area contributed by atoms with Crippen molar-refractivity contribution in [1.82, 2.24) is 5.32 Å². The van der Waals surface area contributed by atoms with Crippen LogP contribution in [0.2, 0.25) is 0 Å². The van der Waals surface area contributed by atoms with E-state index in [0.717, 1.165) is 19.4 Å². The van der Waals surface area contributed by atoms with E-state index in [1.807, 2.05) is 6.92 Å². The standard InChI is InChI=1S/C15H21NO4/c1-3-19-13-7-6-11(9-14(13)18-2)15(17)16-10-12-5-4-8-20-12/h6-7,9,12H,3-5,8,10H2,1-2H3,(H,16,17)/t12-/m0/s1. The van der Waals surface area contributed by atoms with E-state index in [9.17, 15) is 4.79 Å². The maximum absolute atomic E-state index is 12.1. The van der Waals surface area contributed by atoms with Gasteiger partial charge in [-0.25, -0.2) is 0 Å². The lowest BCUT2D eigenvalue weighted by atomic mass is 10.1. The minimum absolute atomic E-state index is 0.123. The summed E-state index contributed by atoms with van der Waals surface area (Å²) in [7, 11) is 1.56. The largest absolute Gasteiger partial charge is 0.493 e. The topological polar surface area (TPSA) is 56.8 Å². The van der Waals surface area contributed by atoms with Gasteiger partial charge < -0.3 is 19.5 Å². The summed E-state index contributed by atoms with van der Waals surface area (Å²) in [5.41, 5.74) is 0.559. The van der Waals surface area contributed by atoms with Crippen molar-refractivity contribution >= 4 is 5.91 Å². The molecule has 1 heterocycles. The fourth-order valence-electron chi connectivity index (χ4n) is 2.20. The molecule has 1 atom stereocenters. The van der Waals surface area contributed by atoms with Crippen molar-refractivity contribution in [1.29, 1.82) is 0 Å². The molecule has 0 aliphatic carbocycles. The Hall–Kier alpha value is -1.75. The third-order valence-corrected chi connectivity index (χ3v) is 3.24. The van der Waals surface area contributed by atoms with E-state index in [0.29, 0.717) is 30.2 Å². The molecule has 1 saturated heterocycles. The molecular formula is C15H21NO4. The fourth-order valence-corrected chi connectivity index (χ4v) is 2.20. The molecule has 20 heavy (non-hydrogen) atoms. The lowest BCUT2D eigenvalue weighted by Crippen LogP contribution is -2.31. The number of hydrogen-bond donors (Lipinski definition) is 1. The van der Waals surface area contributed by atoms with E-state index < -0.39 is 0 Å². The minimum atomic E-state index is -0.123. The number of amides is 1. The van der Waals surface area contributed by atoms with Gasteiger partial charge in [-0.3, -0.25) is 4.79 Å². The van der Waals surface area contributed by atoms with Gasteiger partial charge in [-0.05, 0) is 38.0 Å². The Labute approximate surface area is 119 Å². The van der Waals surface area contributed by atoms with Crippen molar-refractivity contribution < 1.29 is 19.0 Å². The summed E-state index contributed by atoms with van der Waals surface area (Å²) >= 11 is 0. The highest BCUT2D eigenvalue weighted by molar-refractivity contribution is 5.94. The molecule has 0 bridgehead atoms. The van der Waals surface area contributed by atoms with Crippen LogP contribution in [0.4, 0.5) is 0 Å². The van der Waals surface area contributed by atoms with E-state index in [1.54, 1.807) is 25.3 Å². The molecule has 2 rings (SSSR count). The van der Waals surface area contributed by atoms with Crippen LogP contribution in [0.15, 0.2) is 18.2 Å². The molecule has 110 valence electrons. The molecule has 1 N–H and O–H groups in total. The molecule has 0 unspecified atom stereocenters. The van der Waals surface area contributed by atoms with Crippen LogP contribution in [0.25, 0.3) is 0 Å². The molecule has 1 amide bonds. The summed E-state index contributed by atoms with van der Waals surface area (Å²) in [4.78, 5) is 12.1. The number of carbonyl (C=O) groups is 1. The van der Waals surface area contributed by atoms with Gasteiger partial charge >= 0.3 is 0 Å². The molecule has 0 saturated carbocycles. The number of benzene rings is 1. The Morgan fingerprint density at radius 2 is 2.30 bits per heavy atom. The highest BCUT2D eigenvalue weighted by Gasteiger charge is 2.17. The Bertz CT molecular complexity index is 455. The number of ether oxygens (including phenoxy) is 3. The number of nitrogens with one attached hydrogen (secondary N) is 1. The smallest absolute Gasteiger partial charge is 0.251 e. The van der Waals surface area contributed by atoms with Crippen LogP contribution in [0.1, 0.15) is 30.1 Å². The third kappa shape index (κ3) is 3.63. The number of rotatable bonds is 6. The van der Waals surface area contributed by atoms with Crippen LogP contribution >= 0.6 is 0 Å². The average Bonchev–Trinajstić information content (AvgIpc) is 2.98. The van der Waals surface area contributed by atoms with E-state index >= 15 is 0 Å². The van der Waals surface area contributed by atoms with Crippen LogP contribution in [-0.2, 0) is 4.74 Å². The minimum Gasteiger partial charge on any atom is -0.493 e. The predicted molar refractivity (Wildman–Crippen MR) is 75.5 cm³/mol. The fraction of sp³-hybridized carbons (Fsp3) is 0.533. The SMILES string of the molecule is CCOc1ccc(C(=O)NC[C@@H]2CCCO2)cc1OC. The van der Waals surface area contributed by atoms with Gasteiger partial charge in [0.05, 0.1) is 19.8 Å². The van der Waals surface area contributed by atoms with E-state index in [2.05, 4.69) is 5.32 Å². The lowest BCUT2D eigenvalue weighted by Gasteiger charge is -2.13. The normalized spacial score (nSPS) is 17.8. The molecule has 1 aliphatic rings. The second kappa shape index (κ2) is 7.14. The van der Waals surface area contributed by atoms with Crippen LogP contribution in [0, 0.1) is 0 Å². The van der Waals surface area contributed by atoms with Crippen molar-refractivity contribution in [2.75, 3.05) is 26.9 Å². The van der Waals surface area contributed by atoms with Gasteiger partial charge in [-0.15, -0.1) is 0 Å². The molecule has 1 aliphatic heterocycles. The van der Waals surface area contributed by atoms with Gasteiger partial charge in [-0.1, -0.05) is 0 Å². The molecule has 0 radical (unpaired) electrons. The second-order valence-corrected chi connectivity index (χ2v) is 4.64. The molecular weight excluding hydrogens is 258 g/mol. The van der Waals surface area contributed by atoms with Crippen molar-refractivity contribution in [2.24, 2.45) is 0 Å². The zero-order chi connectivity index (χ0) is 14.4. The Morgan fingerprint density at radius 3 is 2.95 bits per heavy atom. The highest BCUT2D eigenvalue weighted by atomic mass is 16.5. The summed E-state index contributed by atoms with van der Waals surface area (Å²) in [5, 5.41) is 2.88. The maximum atomic E-state index is 12.1. The lowest BCUT2D eigenvalue weighted by molar-refractivity contribution is 0.0857. The summed E-state index contributed by atoms with van der Waals surface area (Å²) in [6.07, 6.45) is 2.22. The van der Waals surface area contributed by atoms with Gasteiger partial charge in [0.25, 0.3) is 5.91 Å². The first-order chi connectivity index (χ1) is 9.74. The summed E-state index contributed by atoms with van der Waals surface area (Å²) in [6, 6.07) is 5.18. The van der Waals surface area contributed by atoms with Gasteiger partial charge in [0.1, 0.15) is 0 Å². The van der Waals surface area contributed by atoms with Gasteiger partial charge in [0.2, 0.25) is 0 Å². The zero-order valence-electron chi connectivity index (χ0n) is 12.0. The molecule has 1 aromatic carbocycles. The van der Waals surface area contributed by atoms with Gasteiger partial charge in [0, 0.05) is 18.7 Å². The number of methoxy groups -OCH3 is 1. The summed E-state index contributed by atoms with van der Waals surface area (Å²) in [6.45, 7) is 3.80. The Morgan fingerprint density at radius 1 is 1.45 bits per heavy atom. The van der Waals surface area contributed by atoms with E-state index in [1.165, 1.54) is 0 Å². The van der Waals surface area contributed by atoms with Crippen molar-refractivity contribution in [3.8, 4) is 11.5 Å². The van der Waals surface area contributed by atoms with Crippen molar-refractivity contribution in [3.05, 3.63) is 23.8 Å².